The molecule has 1 rings (SSSR count). The van der Waals surface area contributed by atoms with Gasteiger partial charge in [0.1, 0.15) is 0 Å². The minimum Gasteiger partial charge on any atom is -0.140 e. The second kappa shape index (κ2) is 5.78. The first-order valence-corrected chi connectivity index (χ1v) is 5.20. The Bertz CT molecular complexity index is 25.7. The van der Waals surface area contributed by atoms with E-state index < -0.39 is 0 Å². The van der Waals surface area contributed by atoms with Crippen LogP contribution in [0.15, 0.2) is 0 Å². The first kappa shape index (κ1) is 8.65. The summed E-state index contributed by atoms with van der Waals surface area (Å²) in [6.07, 6.45) is 0. The van der Waals surface area contributed by atoms with Crippen LogP contribution >= 0.6 is 35.3 Å². The van der Waals surface area contributed by atoms with E-state index in [0.29, 0.717) is 0 Å². The standard InChI is InChI=1S/C3H6S3.Li/c1-4-2-6-3-5-1;/h1-3H2;. The fraction of sp³-hybridized carbons (Fsp3) is 1.00. The fourth-order valence-electron chi connectivity index (χ4n) is 0.279. The van der Waals surface area contributed by atoms with Gasteiger partial charge < -0.3 is 0 Å². The Morgan fingerprint density at radius 1 is 0.714 bits per heavy atom. The molecule has 1 radical (unpaired) electrons. The number of hydrogen-bond donors (Lipinski definition) is 0. The summed E-state index contributed by atoms with van der Waals surface area (Å²) < 4.78 is 0. The molecule has 0 atom stereocenters. The van der Waals surface area contributed by atoms with Crippen LogP contribution in [0.1, 0.15) is 0 Å². The quantitative estimate of drug-likeness (QED) is 0.476. The molecule has 0 aliphatic carbocycles. The van der Waals surface area contributed by atoms with Gasteiger partial charge in [-0.25, -0.2) is 0 Å². The first-order chi connectivity index (χ1) is 3.00. The molecule has 0 amide bonds. The van der Waals surface area contributed by atoms with Crippen molar-refractivity contribution in [2.75, 3.05) is 15.3 Å². The molecule has 4 heteroatoms. The largest absolute Gasteiger partial charge is 0.140 e. The Morgan fingerprint density at radius 3 is 1.14 bits per heavy atom. The molecular weight excluding hydrogens is 139 g/mol. The van der Waals surface area contributed by atoms with Gasteiger partial charge in [0.2, 0.25) is 0 Å². The predicted molar refractivity (Wildman–Crippen MR) is 43.1 cm³/mol. The van der Waals surface area contributed by atoms with Crippen LogP contribution in [0.2, 0.25) is 0 Å². The van der Waals surface area contributed by atoms with E-state index in [4.69, 9.17) is 0 Å². The van der Waals surface area contributed by atoms with Crippen LogP contribution in [0.3, 0.4) is 0 Å². The molecule has 1 aliphatic rings. The Balaban J connectivity index is 0.000000360. The number of hydrogen-bond acceptors (Lipinski definition) is 3. The summed E-state index contributed by atoms with van der Waals surface area (Å²) >= 11 is 6.06. The third-order valence-corrected chi connectivity index (χ3v) is 4.50. The van der Waals surface area contributed by atoms with E-state index in [1.165, 1.54) is 15.3 Å². The minimum absolute atomic E-state index is 0. The van der Waals surface area contributed by atoms with Crippen LogP contribution in [0.4, 0.5) is 0 Å². The van der Waals surface area contributed by atoms with E-state index in [0.717, 1.165) is 0 Å². The molecule has 7 heavy (non-hydrogen) atoms. The Morgan fingerprint density at radius 2 is 1.00 bits per heavy atom. The predicted octanol–water partition coefficient (Wildman–Crippen LogP) is 1.69. The van der Waals surface area contributed by atoms with Crippen LogP contribution in [0, 0.1) is 0 Å². The van der Waals surface area contributed by atoms with Crippen molar-refractivity contribution in [2.24, 2.45) is 0 Å². The van der Waals surface area contributed by atoms with Crippen molar-refractivity contribution in [3.8, 4) is 0 Å². The molecule has 1 aliphatic heterocycles. The molecule has 0 saturated carbocycles. The third kappa shape index (κ3) is 4.17. The second-order valence-electron chi connectivity index (χ2n) is 0.966. The average molecular weight is 145 g/mol. The SMILES string of the molecule is C1SCSCS1.[Li]. The molecular formula is C3H6LiS3. The number of thioether (sulfide) groups is 3. The zero-order valence-corrected chi connectivity index (χ0v) is 6.80. The number of rotatable bonds is 0. The van der Waals surface area contributed by atoms with E-state index in [9.17, 15) is 0 Å². The normalized spacial score (nSPS) is 20.6. The monoisotopic (exact) mass is 145 g/mol. The van der Waals surface area contributed by atoms with Crippen molar-refractivity contribution in [3.05, 3.63) is 0 Å². The van der Waals surface area contributed by atoms with Gasteiger partial charge in [0.05, 0.1) is 0 Å². The van der Waals surface area contributed by atoms with E-state index >= 15 is 0 Å². The van der Waals surface area contributed by atoms with Crippen molar-refractivity contribution < 1.29 is 0 Å². The van der Waals surface area contributed by atoms with Crippen molar-refractivity contribution in [2.45, 2.75) is 0 Å². The van der Waals surface area contributed by atoms with Crippen LogP contribution < -0.4 is 0 Å². The smallest absolute Gasteiger partial charge is 0.0408 e. The van der Waals surface area contributed by atoms with Gasteiger partial charge in [-0.05, 0) is 0 Å². The Labute approximate surface area is 69.1 Å². The van der Waals surface area contributed by atoms with E-state index in [1.807, 2.05) is 35.3 Å². The summed E-state index contributed by atoms with van der Waals surface area (Å²) in [5, 5.41) is 3.94. The summed E-state index contributed by atoms with van der Waals surface area (Å²) in [4.78, 5) is 0. The molecule has 1 heterocycles. The van der Waals surface area contributed by atoms with Crippen LogP contribution in [0.25, 0.3) is 0 Å². The van der Waals surface area contributed by atoms with Gasteiger partial charge in [-0.1, -0.05) is 0 Å². The van der Waals surface area contributed by atoms with E-state index in [-0.39, 0.29) is 18.9 Å². The second-order valence-corrected chi connectivity index (χ2v) is 5.02. The summed E-state index contributed by atoms with van der Waals surface area (Å²) in [7, 11) is 0. The van der Waals surface area contributed by atoms with Gasteiger partial charge in [-0.15, -0.1) is 35.3 Å². The van der Waals surface area contributed by atoms with Crippen LogP contribution in [0.5, 0.6) is 0 Å². The molecule has 1 saturated heterocycles. The van der Waals surface area contributed by atoms with Crippen molar-refractivity contribution in [1.82, 2.24) is 0 Å². The summed E-state index contributed by atoms with van der Waals surface area (Å²) in [6.45, 7) is 0. The van der Waals surface area contributed by atoms with E-state index in [2.05, 4.69) is 0 Å². The summed E-state index contributed by atoms with van der Waals surface area (Å²) in [5.74, 6) is 0. The molecule has 0 spiro atoms. The van der Waals surface area contributed by atoms with Gasteiger partial charge in [-0.2, -0.15) is 0 Å². The molecule has 1 fully saturated rings. The van der Waals surface area contributed by atoms with Gasteiger partial charge in [0, 0.05) is 34.1 Å². The maximum absolute atomic E-state index is 2.02. The van der Waals surface area contributed by atoms with Crippen LogP contribution in [-0.4, -0.2) is 34.1 Å². The molecule has 0 aromatic rings. The molecule has 0 nitrogen and oxygen atoms in total. The van der Waals surface area contributed by atoms with Crippen molar-refractivity contribution in [3.63, 3.8) is 0 Å². The summed E-state index contributed by atoms with van der Waals surface area (Å²) in [5.41, 5.74) is 0. The maximum atomic E-state index is 2.02. The summed E-state index contributed by atoms with van der Waals surface area (Å²) in [6, 6.07) is 0. The van der Waals surface area contributed by atoms with Gasteiger partial charge in [0.15, 0.2) is 0 Å². The zero-order valence-electron chi connectivity index (χ0n) is 4.35. The topological polar surface area (TPSA) is 0 Å². The Hall–Kier alpha value is 1.65. The third-order valence-electron chi connectivity index (χ3n) is 0.500. The zero-order chi connectivity index (χ0) is 4.24. The molecule has 0 N–H and O–H groups in total. The van der Waals surface area contributed by atoms with Crippen LogP contribution in [-0.2, 0) is 0 Å². The first-order valence-electron chi connectivity index (χ1n) is 1.73. The Kier molecular flexibility index (Phi) is 7.14. The average Bonchev–Trinajstić information content (AvgIpc) is 1.72. The molecule has 0 unspecified atom stereocenters. The fourth-order valence-corrected chi connectivity index (χ4v) is 4.35. The molecule has 0 bridgehead atoms. The van der Waals surface area contributed by atoms with Gasteiger partial charge in [0.25, 0.3) is 0 Å². The van der Waals surface area contributed by atoms with Gasteiger partial charge >= 0.3 is 0 Å². The van der Waals surface area contributed by atoms with Crippen molar-refractivity contribution in [1.29, 1.82) is 0 Å². The maximum Gasteiger partial charge on any atom is 0.0408 e. The molecule has 37 valence electrons. The van der Waals surface area contributed by atoms with Crippen molar-refractivity contribution >= 4 is 54.1 Å². The minimum atomic E-state index is 0. The van der Waals surface area contributed by atoms with E-state index in [1.54, 1.807) is 0 Å². The molecule has 0 aromatic carbocycles. The molecule has 0 aromatic heterocycles. The van der Waals surface area contributed by atoms with Gasteiger partial charge in [-0.3, -0.25) is 0 Å².